The Kier molecular flexibility index (Phi) is 3.78. The van der Waals surface area contributed by atoms with Gasteiger partial charge in [-0.05, 0) is 23.6 Å². The lowest BCUT2D eigenvalue weighted by Gasteiger charge is -2.01. The van der Waals surface area contributed by atoms with Gasteiger partial charge in [0.25, 0.3) is 0 Å². The summed E-state index contributed by atoms with van der Waals surface area (Å²) in [5.41, 5.74) is 3.58. The van der Waals surface area contributed by atoms with Gasteiger partial charge in [0.15, 0.2) is 0 Å². The Labute approximate surface area is 84.5 Å². The molecule has 0 saturated heterocycles. The van der Waals surface area contributed by atoms with E-state index in [0.717, 1.165) is 5.56 Å². The maximum atomic E-state index is 5.69. The third kappa shape index (κ3) is 2.74. The van der Waals surface area contributed by atoms with Gasteiger partial charge in [0, 0.05) is 5.88 Å². The van der Waals surface area contributed by atoms with E-state index in [9.17, 15) is 0 Å². The summed E-state index contributed by atoms with van der Waals surface area (Å²) in [7, 11) is 0. The standard InChI is InChI=1S/C12H13Cl/c1-3-4-10(2)12-7-5-11(9-13)6-8-12/h3-8H,1,9H2,2H3/b10-4+. The Morgan fingerprint density at radius 1 is 1.38 bits per heavy atom. The number of benzene rings is 1. The lowest BCUT2D eigenvalue weighted by molar-refractivity contribution is 1.39. The second-order valence-electron chi connectivity index (χ2n) is 2.92. The molecule has 0 unspecified atom stereocenters. The first-order chi connectivity index (χ1) is 6.27. The molecule has 0 radical (unpaired) electrons. The van der Waals surface area contributed by atoms with Gasteiger partial charge >= 0.3 is 0 Å². The fourth-order valence-electron chi connectivity index (χ4n) is 1.13. The summed E-state index contributed by atoms with van der Waals surface area (Å²) in [5, 5.41) is 0. The monoisotopic (exact) mass is 192 g/mol. The van der Waals surface area contributed by atoms with Crippen LogP contribution in [0.5, 0.6) is 0 Å². The van der Waals surface area contributed by atoms with Crippen molar-refractivity contribution in [1.29, 1.82) is 0 Å². The van der Waals surface area contributed by atoms with E-state index in [-0.39, 0.29) is 0 Å². The van der Waals surface area contributed by atoms with Crippen molar-refractivity contribution in [2.45, 2.75) is 12.8 Å². The molecule has 1 rings (SSSR count). The van der Waals surface area contributed by atoms with Crippen LogP contribution in [0.1, 0.15) is 18.1 Å². The molecule has 0 N–H and O–H groups in total. The molecule has 0 fully saturated rings. The molecule has 0 spiro atoms. The second-order valence-corrected chi connectivity index (χ2v) is 3.18. The van der Waals surface area contributed by atoms with E-state index in [1.165, 1.54) is 11.1 Å². The molecule has 13 heavy (non-hydrogen) atoms. The predicted molar refractivity (Wildman–Crippen MR) is 59.8 cm³/mol. The van der Waals surface area contributed by atoms with E-state index in [1.807, 2.05) is 18.2 Å². The summed E-state index contributed by atoms with van der Waals surface area (Å²) in [5.74, 6) is 0.574. The summed E-state index contributed by atoms with van der Waals surface area (Å²) in [4.78, 5) is 0. The zero-order valence-corrected chi connectivity index (χ0v) is 8.51. The lowest BCUT2D eigenvalue weighted by atomic mass is 10.1. The maximum Gasteiger partial charge on any atom is 0.0474 e. The zero-order chi connectivity index (χ0) is 9.68. The van der Waals surface area contributed by atoms with Gasteiger partial charge in [-0.2, -0.15) is 0 Å². The van der Waals surface area contributed by atoms with Crippen molar-refractivity contribution >= 4 is 17.2 Å². The minimum Gasteiger partial charge on any atom is -0.122 e. The highest BCUT2D eigenvalue weighted by molar-refractivity contribution is 6.17. The first kappa shape index (κ1) is 10.1. The zero-order valence-electron chi connectivity index (χ0n) is 7.76. The van der Waals surface area contributed by atoms with E-state index < -0.39 is 0 Å². The molecule has 1 aromatic rings. The van der Waals surface area contributed by atoms with Crippen molar-refractivity contribution in [3.05, 3.63) is 54.1 Å². The molecule has 0 aliphatic rings. The van der Waals surface area contributed by atoms with Crippen LogP contribution < -0.4 is 0 Å². The minimum absolute atomic E-state index is 0.574. The highest BCUT2D eigenvalue weighted by Crippen LogP contribution is 2.15. The van der Waals surface area contributed by atoms with Gasteiger partial charge < -0.3 is 0 Å². The molecule has 0 heterocycles. The van der Waals surface area contributed by atoms with Gasteiger partial charge in [0.05, 0.1) is 0 Å². The Hall–Kier alpha value is -1.01. The molecular weight excluding hydrogens is 180 g/mol. The van der Waals surface area contributed by atoms with Crippen LogP contribution in [-0.2, 0) is 5.88 Å². The van der Waals surface area contributed by atoms with Crippen molar-refractivity contribution in [3.63, 3.8) is 0 Å². The number of hydrogen-bond acceptors (Lipinski definition) is 0. The smallest absolute Gasteiger partial charge is 0.0474 e. The largest absolute Gasteiger partial charge is 0.122 e. The quantitative estimate of drug-likeness (QED) is 0.502. The lowest BCUT2D eigenvalue weighted by Crippen LogP contribution is -1.81. The number of alkyl halides is 1. The first-order valence-corrected chi connectivity index (χ1v) is 4.76. The van der Waals surface area contributed by atoms with E-state index in [1.54, 1.807) is 6.08 Å². The van der Waals surface area contributed by atoms with Gasteiger partial charge in [-0.15, -0.1) is 11.6 Å². The number of allylic oxidation sites excluding steroid dienone is 3. The van der Waals surface area contributed by atoms with Crippen LogP contribution >= 0.6 is 11.6 Å². The summed E-state index contributed by atoms with van der Waals surface area (Å²) in [6.07, 6.45) is 3.79. The normalized spacial score (nSPS) is 11.4. The number of rotatable bonds is 3. The Bertz CT molecular complexity index is 306. The van der Waals surface area contributed by atoms with E-state index in [2.05, 4.69) is 25.6 Å². The van der Waals surface area contributed by atoms with Crippen molar-refractivity contribution < 1.29 is 0 Å². The maximum absolute atomic E-state index is 5.69. The van der Waals surface area contributed by atoms with E-state index in [0.29, 0.717) is 5.88 Å². The highest BCUT2D eigenvalue weighted by Gasteiger charge is 1.94. The van der Waals surface area contributed by atoms with Gasteiger partial charge in [-0.25, -0.2) is 0 Å². The summed E-state index contributed by atoms with van der Waals surface area (Å²) >= 11 is 5.69. The average Bonchev–Trinajstić information content (AvgIpc) is 2.18. The van der Waals surface area contributed by atoms with Crippen LogP contribution in [0.25, 0.3) is 5.57 Å². The van der Waals surface area contributed by atoms with Crippen molar-refractivity contribution in [2.75, 3.05) is 0 Å². The minimum atomic E-state index is 0.574. The summed E-state index contributed by atoms with van der Waals surface area (Å²) in [6.45, 7) is 5.73. The average molecular weight is 193 g/mol. The molecule has 0 bridgehead atoms. The third-order valence-electron chi connectivity index (χ3n) is 1.93. The first-order valence-electron chi connectivity index (χ1n) is 4.22. The van der Waals surface area contributed by atoms with Crippen molar-refractivity contribution in [1.82, 2.24) is 0 Å². The van der Waals surface area contributed by atoms with Gasteiger partial charge in [0.1, 0.15) is 0 Å². The highest BCUT2D eigenvalue weighted by atomic mass is 35.5. The molecule has 1 aromatic carbocycles. The van der Waals surface area contributed by atoms with Crippen molar-refractivity contribution in [3.8, 4) is 0 Å². The topological polar surface area (TPSA) is 0 Å². The number of hydrogen-bond donors (Lipinski definition) is 0. The molecular formula is C12H13Cl. The number of halogens is 1. The van der Waals surface area contributed by atoms with Crippen molar-refractivity contribution in [2.24, 2.45) is 0 Å². The SMILES string of the molecule is C=C/C=C(\C)c1ccc(CCl)cc1. The van der Waals surface area contributed by atoms with Crippen LogP contribution in [0, 0.1) is 0 Å². The molecule has 0 amide bonds. The predicted octanol–water partition coefficient (Wildman–Crippen LogP) is 4.01. The molecule has 68 valence electrons. The van der Waals surface area contributed by atoms with Crippen LogP contribution in [-0.4, -0.2) is 0 Å². The molecule has 1 heteroatoms. The van der Waals surface area contributed by atoms with Gasteiger partial charge in [-0.3, -0.25) is 0 Å². The summed E-state index contributed by atoms with van der Waals surface area (Å²) in [6, 6.07) is 8.24. The molecule has 0 atom stereocenters. The van der Waals surface area contributed by atoms with Gasteiger partial charge in [0.2, 0.25) is 0 Å². The molecule has 0 aliphatic carbocycles. The molecule has 0 saturated carbocycles. The fraction of sp³-hybridized carbons (Fsp3) is 0.167. The molecule has 0 nitrogen and oxygen atoms in total. The molecule has 0 aromatic heterocycles. The third-order valence-corrected chi connectivity index (χ3v) is 2.24. The Morgan fingerprint density at radius 2 is 2.00 bits per heavy atom. The second kappa shape index (κ2) is 4.88. The Morgan fingerprint density at radius 3 is 2.46 bits per heavy atom. The Balaban J connectivity index is 2.91. The van der Waals surface area contributed by atoms with Crippen LogP contribution in [0.4, 0.5) is 0 Å². The van der Waals surface area contributed by atoms with E-state index >= 15 is 0 Å². The molecule has 0 aliphatic heterocycles. The van der Waals surface area contributed by atoms with Crippen LogP contribution in [0.15, 0.2) is 43.0 Å². The van der Waals surface area contributed by atoms with Crippen LogP contribution in [0.2, 0.25) is 0 Å². The van der Waals surface area contributed by atoms with E-state index in [4.69, 9.17) is 11.6 Å². The van der Waals surface area contributed by atoms with Crippen LogP contribution in [0.3, 0.4) is 0 Å². The fourth-order valence-corrected chi connectivity index (χ4v) is 1.31. The van der Waals surface area contributed by atoms with Gasteiger partial charge in [-0.1, -0.05) is 43.0 Å². The summed E-state index contributed by atoms with van der Waals surface area (Å²) < 4.78 is 0.